The zero-order valence-corrected chi connectivity index (χ0v) is 18.8. The van der Waals surface area contributed by atoms with Crippen molar-refractivity contribution in [1.82, 2.24) is 15.3 Å². The van der Waals surface area contributed by atoms with Gasteiger partial charge >= 0.3 is 0 Å². The maximum Gasteiger partial charge on any atom is 0.244 e. The molecule has 3 heterocycles. The summed E-state index contributed by atoms with van der Waals surface area (Å²) in [6, 6.07) is 11.6. The lowest BCUT2D eigenvalue weighted by atomic mass is 10.2. The van der Waals surface area contributed by atoms with E-state index in [1.54, 1.807) is 23.6 Å². The van der Waals surface area contributed by atoms with Crippen LogP contribution in [0.15, 0.2) is 54.1 Å². The molecule has 166 valence electrons. The smallest absolute Gasteiger partial charge is 0.244 e. The Kier molecular flexibility index (Phi) is 7.47. The molecule has 0 saturated carbocycles. The number of aromatic nitrogens is 2. The van der Waals surface area contributed by atoms with Gasteiger partial charge in [0.2, 0.25) is 5.91 Å². The molecule has 4 rings (SSSR count). The minimum atomic E-state index is -0.154. The average molecular weight is 451 g/mol. The van der Waals surface area contributed by atoms with Crippen LogP contribution in [0.25, 0.3) is 6.08 Å². The van der Waals surface area contributed by atoms with E-state index in [0.717, 1.165) is 46.5 Å². The number of pyridine rings is 1. The number of benzene rings is 1. The van der Waals surface area contributed by atoms with Gasteiger partial charge in [0.15, 0.2) is 0 Å². The fourth-order valence-electron chi connectivity index (χ4n) is 3.30. The molecule has 1 N–H and O–H groups in total. The molecule has 0 spiro atoms. The summed E-state index contributed by atoms with van der Waals surface area (Å²) in [4.78, 5) is 23.3. The van der Waals surface area contributed by atoms with Crippen LogP contribution in [0.5, 0.6) is 5.75 Å². The van der Waals surface area contributed by atoms with Gasteiger partial charge in [-0.3, -0.25) is 4.79 Å². The molecule has 3 aromatic rings. The number of nitrogens with zero attached hydrogens (tertiary/aromatic N) is 3. The van der Waals surface area contributed by atoms with E-state index >= 15 is 0 Å². The molecule has 0 atom stereocenters. The maximum atomic E-state index is 12.3. The molecule has 1 aromatic carbocycles. The zero-order valence-electron chi connectivity index (χ0n) is 18.0. The SMILES string of the molecule is Cc1nc(COc2cccc(/C=C/C(=O)NCc3ccnc(N4CCOCC4)c3)c2)cs1. The molecule has 1 saturated heterocycles. The van der Waals surface area contributed by atoms with Gasteiger partial charge in [0, 0.05) is 37.3 Å². The van der Waals surface area contributed by atoms with Crippen molar-refractivity contribution in [2.45, 2.75) is 20.1 Å². The van der Waals surface area contributed by atoms with Crippen molar-refractivity contribution in [3.05, 3.63) is 75.9 Å². The van der Waals surface area contributed by atoms with Gasteiger partial charge in [-0.1, -0.05) is 12.1 Å². The van der Waals surface area contributed by atoms with Crippen LogP contribution >= 0.6 is 11.3 Å². The lowest BCUT2D eigenvalue weighted by molar-refractivity contribution is -0.116. The molecule has 1 amide bonds. The molecule has 1 fully saturated rings. The average Bonchev–Trinajstić information content (AvgIpc) is 3.26. The minimum absolute atomic E-state index is 0.154. The molecular weight excluding hydrogens is 424 g/mol. The predicted molar refractivity (Wildman–Crippen MR) is 126 cm³/mol. The molecule has 0 aliphatic carbocycles. The number of morpholine rings is 1. The highest BCUT2D eigenvalue weighted by Gasteiger charge is 2.12. The summed E-state index contributed by atoms with van der Waals surface area (Å²) in [5.74, 6) is 1.50. The van der Waals surface area contributed by atoms with E-state index in [9.17, 15) is 4.79 Å². The van der Waals surface area contributed by atoms with Crippen molar-refractivity contribution in [1.29, 1.82) is 0 Å². The van der Waals surface area contributed by atoms with Crippen molar-refractivity contribution in [3.63, 3.8) is 0 Å². The van der Waals surface area contributed by atoms with Gasteiger partial charge in [0.05, 0.1) is 23.9 Å². The summed E-state index contributed by atoms with van der Waals surface area (Å²) >= 11 is 1.61. The Morgan fingerprint density at radius 2 is 2.16 bits per heavy atom. The molecule has 8 heteroatoms. The molecule has 32 heavy (non-hydrogen) atoms. The van der Waals surface area contributed by atoms with E-state index in [2.05, 4.69) is 20.2 Å². The Labute approximate surface area is 191 Å². The summed E-state index contributed by atoms with van der Waals surface area (Å²) in [5, 5.41) is 5.95. The standard InChI is InChI=1S/C24H26N4O3S/c1-18-27-21(17-32-18)16-31-22-4-2-3-19(13-22)5-6-24(29)26-15-20-7-8-25-23(14-20)28-9-11-30-12-10-28/h2-8,13-14,17H,9-12,15-16H2,1H3,(H,26,29)/b6-5+. The molecule has 0 unspecified atom stereocenters. The highest BCUT2D eigenvalue weighted by molar-refractivity contribution is 7.09. The van der Waals surface area contributed by atoms with E-state index in [1.807, 2.05) is 48.7 Å². The van der Waals surface area contributed by atoms with Crippen LogP contribution in [-0.2, 0) is 22.7 Å². The van der Waals surface area contributed by atoms with Crippen molar-refractivity contribution < 1.29 is 14.3 Å². The van der Waals surface area contributed by atoms with Crippen LogP contribution in [-0.4, -0.2) is 42.2 Å². The lowest BCUT2D eigenvalue weighted by Crippen LogP contribution is -2.36. The Bertz CT molecular complexity index is 1080. The number of hydrogen-bond acceptors (Lipinski definition) is 7. The van der Waals surface area contributed by atoms with Gasteiger partial charge < -0.3 is 19.7 Å². The fourth-order valence-corrected chi connectivity index (χ4v) is 3.89. The number of thiazole rings is 1. The molecule has 1 aliphatic heterocycles. The van der Waals surface area contributed by atoms with E-state index in [0.29, 0.717) is 26.4 Å². The number of rotatable bonds is 8. The summed E-state index contributed by atoms with van der Waals surface area (Å²) in [5.41, 5.74) is 2.82. The van der Waals surface area contributed by atoms with Crippen LogP contribution in [0.3, 0.4) is 0 Å². The zero-order chi connectivity index (χ0) is 22.2. The second kappa shape index (κ2) is 10.9. The van der Waals surface area contributed by atoms with Gasteiger partial charge in [-0.2, -0.15) is 0 Å². The summed E-state index contributed by atoms with van der Waals surface area (Å²) in [6.45, 7) is 5.93. The van der Waals surface area contributed by atoms with Crippen molar-refractivity contribution >= 4 is 29.1 Å². The summed E-state index contributed by atoms with van der Waals surface area (Å²) in [6.07, 6.45) is 5.09. The largest absolute Gasteiger partial charge is 0.487 e. The molecule has 1 aliphatic rings. The van der Waals surface area contributed by atoms with E-state index < -0.39 is 0 Å². The topological polar surface area (TPSA) is 76.6 Å². The number of carbonyl (C=O) groups is 1. The number of aryl methyl sites for hydroxylation is 1. The number of carbonyl (C=O) groups excluding carboxylic acids is 1. The van der Waals surface area contributed by atoms with Gasteiger partial charge in [-0.05, 0) is 48.4 Å². The quantitative estimate of drug-likeness (QED) is 0.529. The normalized spacial score (nSPS) is 14.0. The first-order valence-corrected chi connectivity index (χ1v) is 11.4. The Morgan fingerprint density at radius 3 is 2.97 bits per heavy atom. The number of hydrogen-bond donors (Lipinski definition) is 1. The van der Waals surface area contributed by atoms with Gasteiger partial charge in [-0.25, -0.2) is 9.97 Å². The first-order chi connectivity index (χ1) is 15.7. The molecule has 0 bridgehead atoms. The summed E-state index contributed by atoms with van der Waals surface area (Å²) in [7, 11) is 0. The highest BCUT2D eigenvalue weighted by Crippen LogP contribution is 2.17. The van der Waals surface area contributed by atoms with E-state index in [1.165, 1.54) is 6.08 Å². The number of amides is 1. The van der Waals surface area contributed by atoms with Crippen LogP contribution in [0, 0.1) is 6.92 Å². The second-order valence-corrected chi connectivity index (χ2v) is 8.45. The van der Waals surface area contributed by atoms with Crippen molar-refractivity contribution in [2.75, 3.05) is 31.2 Å². The summed E-state index contributed by atoms with van der Waals surface area (Å²) < 4.78 is 11.2. The minimum Gasteiger partial charge on any atom is -0.487 e. The third-order valence-electron chi connectivity index (χ3n) is 4.95. The van der Waals surface area contributed by atoms with E-state index in [4.69, 9.17) is 9.47 Å². The lowest BCUT2D eigenvalue weighted by Gasteiger charge is -2.28. The van der Waals surface area contributed by atoms with Crippen LogP contribution < -0.4 is 15.0 Å². The number of nitrogens with one attached hydrogen (secondary N) is 1. The third-order valence-corrected chi connectivity index (χ3v) is 5.77. The predicted octanol–water partition coefficient (Wildman–Crippen LogP) is 3.59. The molecular formula is C24H26N4O3S. The molecule has 0 radical (unpaired) electrons. The third kappa shape index (κ3) is 6.38. The Morgan fingerprint density at radius 1 is 1.28 bits per heavy atom. The van der Waals surface area contributed by atoms with Crippen LogP contribution in [0.1, 0.15) is 21.8 Å². The Hall–Kier alpha value is -3.23. The fraction of sp³-hybridized carbons (Fsp3) is 0.292. The number of anilines is 1. The van der Waals surface area contributed by atoms with E-state index in [-0.39, 0.29) is 5.91 Å². The van der Waals surface area contributed by atoms with Crippen molar-refractivity contribution in [2.24, 2.45) is 0 Å². The van der Waals surface area contributed by atoms with Gasteiger partial charge in [0.25, 0.3) is 0 Å². The first-order valence-electron chi connectivity index (χ1n) is 10.5. The van der Waals surface area contributed by atoms with Crippen molar-refractivity contribution in [3.8, 4) is 5.75 Å². The Balaban J connectivity index is 1.28. The highest BCUT2D eigenvalue weighted by atomic mass is 32.1. The van der Waals surface area contributed by atoms with Gasteiger partial charge in [-0.15, -0.1) is 11.3 Å². The van der Waals surface area contributed by atoms with Crippen LogP contribution in [0.4, 0.5) is 5.82 Å². The maximum absolute atomic E-state index is 12.3. The number of ether oxygens (including phenoxy) is 2. The first kappa shape index (κ1) is 22.0. The second-order valence-electron chi connectivity index (χ2n) is 7.39. The monoisotopic (exact) mass is 450 g/mol. The molecule has 2 aromatic heterocycles. The van der Waals surface area contributed by atoms with Gasteiger partial charge in [0.1, 0.15) is 18.2 Å². The molecule has 7 nitrogen and oxygen atoms in total. The van der Waals surface area contributed by atoms with Crippen LogP contribution in [0.2, 0.25) is 0 Å².